The molecule has 11 heteroatoms. The number of hydrogen-bond donors (Lipinski definition) is 6. The van der Waals surface area contributed by atoms with Gasteiger partial charge in [0.05, 0.1) is 17.3 Å². The number of aliphatic hydroxyl groups excluding tert-OH is 2. The minimum Gasteiger partial charge on any atom is -0.508 e. The number of carbonyl (C=O) groups excluding carboxylic acids is 4. The summed E-state index contributed by atoms with van der Waals surface area (Å²) in [6.45, 7) is 2.98. The lowest BCUT2D eigenvalue weighted by Gasteiger charge is -2.50. The fourth-order valence-electron chi connectivity index (χ4n) is 5.78. The predicted molar refractivity (Wildman–Crippen MR) is 123 cm³/mol. The zero-order valence-electron chi connectivity index (χ0n) is 19.7. The fraction of sp³-hybridized carbons (Fsp3) is 0.417. The van der Waals surface area contributed by atoms with Crippen molar-refractivity contribution in [3.63, 3.8) is 0 Å². The summed E-state index contributed by atoms with van der Waals surface area (Å²) < 4.78 is 0. The molecule has 0 radical (unpaired) electrons. The number of nitrogens with two attached hydrogens (primary N) is 1. The first-order valence-corrected chi connectivity index (χ1v) is 11.0. The van der Waals surface area contributed by atoms with Crippen molar-refractivity contribution < 1.29 is 39.6 Å². The molecule has 186 valence electrons. The van der Waals surface area contributed by atoms with Gasteiger partial charge in [0.15, 0.2) is 11.4 Å². The Hall–Kier alpha value is -3.70. The molecule has 0 heterocycles. The summed E-state index contributed by atoms with van der Waals surface area (Å²) in [5, 5.41) is 46.9. The van der Waals surface area contributed by atoms with E-state index in [1.165, 1.54) is 11.8 Å². The topological polar surface area (TPSA) is 190 Å². The second kappa shape index (κ2) is 7.92. The number of fused-ring (bicyclic) bond motifs is 3. The average molecular weight is 485 g/mol. The molecule has 0 aromatic heterocycles. The van der Waals surface area contributed by atoms with E-state index in [1.807, 2.05) is 0 Å². The predicted octanol–water partition coefficient (Wildman–Crippen LogP) is 0.231. The normalized spacial score (nSPS) is 28.0. The summed E-state index contributed by atoms with van der Waals surface area (Å²) in [7, 11) is 3.08. The van der Waals surface area contributed by atoms with E-state index in [4.69, 9.17) is 5.73 Å². The number of primary amides is 1. The second-order valence-electron chi connectivity index (χ2n) is 9.59. The number of Topliss-reactive ketones (excluding diaryl/α,β-unsaturated/α-hetero) is 2. The molecular formula is C24H27N3O8. The largest absolute Gasteiger partial charge is 0.508 e. The summed E-state index contributed by atoms with van der Waals surface area (Å²) in [6.07, 6.45) is 0.202. The van der Waals surface area contributed by atoms with E-state index in [0.29, 0.717) is 11.1 Å². The van der Waals surface area contributed by atoms with Crippen LogP contribution in [0.5, 0.6) is 5.75 Å². The van der Waals surface area contributed by atoms with Crippen LogP contribution < -0.4 is 11.1 Å². The molecule has 0 saturated heterocycles. The van der Waals surface area contributed by atoms with Gasteiger partial charge in [-0.2, -0.15) is 0 Å². The van der Waals surface area contributed by atoms with Crippen LogP contribution in [0.2, 0.25) is 0 Å². The molecule has 1 saturated carbocycles. The Morgan fingerprint density at radius 3 is 2.37 bits per heavy atom. The van der Waals surface area contributed by atoms with E-state index in [0.717, 1.165) is 0 Å². The van der Waals surface area contributed by atoms with Gasteiger partial charge in [0.2, 0.25) is 11.7 Å². The zero-order valence-corrected chi connectivity index (χ0v) is 19.7. The fourth-order valence-corrected chi connectivity index (χ4v) is 5.78. The standard InChI is InChI=1S/C24H27N3O8/c1-8-5-13(26-9(2)28)18(29)15-11(8)6-10-7-12-17(27(3)4)20(31)16(23(25)34)22(33)24(12,35)21(32)14(10)19(15)30/h5,10,12,17,29-30,33,35H,6-7H2,1-4H3,(H2,25,34)(H,26,28)/t10-,12-,17-,24-/m0/s1. The number of nitrogens with zero attached hydrogens (tertiary/aromatic N) is 1. The minimum atomic E-state index is -2.69. The molecule has 35 heavy (non-hydrogen) atoms. The number of amides is 2. The molecule has 3 aliphatic carbocycles. The van der Waals surface area contributed by atoms with E-state index in [-0.39, 0.29) is 29.7 Å². The van der Waals surface area contributed by atoms with Gasteiger partial charge in [-0.1, -0.05) is 0 Å². The number of hydrogen-bond acceptors (Lipinski definition) is 9. The number of aliphatic hydroxyl groups is 3. The van der Waals surface area contributed by atoms with Crippen molar-refractivity contribution >= 4 is 34.8 Å². The van der Waals surface area contributed by atoms with Crippen LogP contribution in [0.3, 0.4) is 0 Å². The van der Waals surface area contributed by atoms with Crippen LogP contribution in [-0.4, -0.2) is 74.4 Å². The van der Waals surface area contributed by atoms with Crippen LogP contribution in [0, 0.1) is 18.8 Å². The van der Waals surface area contributed by atoms with Crippen molar-refractivity contribution in [2.45, 2.75) is 38.3 Å². The number of phenols is 1. The van der Waals surface area contributed by atoms with Gasteiger partial charge >= 0.3 is 0 Å². The lowest BCUT2D eigenvalue weighted by atomic mass is 9.57. The second-order valence-corrected chi connectivity index (χ2v) is 9.59. The van der Waals surface area contributed by atoms with Crippen LogP contribution in [0.4, 0.5) is 5.69 Å². The van der Waals surface area contributed by atoms with Crippen molar-refractivity contribution in [2.24, 2.45) is 17.6 Å². The number of carbonyl (C=O) groups is 4. The first kappa shape index (κ1) is 24.4. The van der Waals surface area contributed by atoms with E-state index in [2.05, 4.69) is 5.32 Å². The highest BCUT2D eigenvalue weighted by atomic mass is 16.3. The summed E-state index contributed by atoms with van der Waals surface area (Å²) in [4.78, 5) is 51.8. The highest BCUT2D eigenvalue weighted by molar-refractivity contribution is 6.24. The third-order valence-corrected chi connectivity index (χ3v) is 7.25. The maximum absolute atomic E-state index is 13.8. The Bertz CT molecular complexity index is 1280. The SMILES string of the molecule is CC(=O)Nc1cc(C)c2c(c1O)C(O)=C1C(=O)[C@]3(O)C(O)=C(C(N)=O)C(=O)[C@@H](N(C)C)[C@@H]3C[C@@H]1C2. The van der Waals surface area contributed by atoms with Gasteiger partial charge in [-0.05, 0) is 57.0 Å². The van der Waals surface area contributed by atoms with Crippen molar-refractivity contribution in [1.29, 1.82) is 0 Å². The monoisotopic (exact) mass is 485 g/mol. The van der Waals surface area contributed by atoms with Gasteiger partial charge in [-0.15, -0.1) is 0 Å². The number of likely N-dealkylation sites (N-methyl/N-ethyl adjacent to an activating group) is 1. The van der Waals surface area contributed by atoms with Crippen LogP contribution in [0.15, 0.2) is 23.0 Å². The lowest BCUT2D eigenvalue weighted by molar-refractivity contribution is -0.153. The summed E-state index contributed by atoms with van der Waals surface area (Å²) in [6, 6.07) is 0.416. The Kier molecular flexibility index (Phi) is 5.53. The molecule has 4 rings (SSSR count). The van der Waals surface area contributed by atoms with Crippen LogP contribution in [-0.2, 0) is 25.6 Å². The molecule has 1 aromatic carbocycles. The molecule has 11 nitrogen and oxygen atoms in total. The lowest BCUT2D eigenvalue weighted by Crippen LogP contribution is -2.65. The molecule has 0 bridgehead atoms. The number of anilines is 1. The minimum absolute atomic E-state index is 0.0133. The van der Waals surface area contributed by atoms with Gasteiger partial charge < -0.3 is 31.5 Å². The number of benzene rings is 1. The van der Waals surface area contributed by atoms with Crippen LogP contribution >= 0.6 is 0 Å². The Labute approximate surface area is 200 Å². The maximum Gasteiger partial charge on any atom is 0.255 e. The van der Waals surface area contributed by atoms with E-state index in [1.54, 1.807) is 27.1 Å². The number of nitrogens with one attached hydrogen (secondary N) is 1. The van der Waals surface area contributed by atoms with E-state index >= 15 is 0 Å². The Morgan fingerprint density at radius 2 is 1.83 bits per heavy atom. The first-order chi connectivity index (χ1) is 16.2. The summed E-state index contributed by atoms with van der Waals surface area (Å²) >= 11 is 0. The number of rotatable bonds is 3. The van der Waals surface area contributed by atoms with Crippen molar-refractivity contribution in [3.05, 3.63) is 39.7 Å². The van der Waals surface area contributed by atoms with Gasteiger partial charge in [0, 0.05) is 18.4 Å². The molecule has 0 unspecified atom stereocenters. The quantitative estimate of drug-likeness (QED) is 0.257. The van der Waals surface area contributed by atoms with E-state index < -0.39 is 69.7 Å². The number of phenolic OH excluding ortho intramolecular Hbond substituents is 1. The van der Waals surface area contributed by atoms with Crippen LogP contribution in [0.25, 0.3) is 5.76 Å². The van der Waals surface area contributed by atoms with Crippen LogP contribution in [0.1, 0.15) is 30.0 Å². The van der Waals surface area contributed by atoms with E-state index in [9.17, 15) is 39.6 Å². The smallest absolute Gasteiger partial charge is 0.255 e. The molecule has 7 N–H and O–H groups in total. The van der Waals surface area contributed by atoms with Gasteiger partial charge in [0.25, 0.3) is 5.91 Å². The summed E-state index contributed by atoms with van der Waals surface area (Å²) in [5.74, 6) is -7.60. The average Bonchev–Trinajstić information content (AvgIpc) is 2.73. The molecular weight excluding hydrogens is 458 g/mol. The maximum atomic E-state index is 13.8. The molecule has 0 aliphatic heterocycles. The number of aromatic hydroxyl groups is 1. The molecule has 2 amide bonds. The number of ketones is 2. The zero-order chi connectivity index (χ0) is 26.1. The van der Waals surface area contributed by atoms with Gasteiger partial charge in [-0.25, -0.2) is 0 Å². The molecule has 1 fully saturated rings. The third kappa shape index (κ3) is 3.26. The number of aryl methyl sites for hydroxylation is 1. The molecule has 0 spiro atoms. The Morgan fingerprint density at radius 1 is 1.20 bits per heavy atom. The van der Waals surface area contributed by atoms with Gasteiger partial charge in [0.1, 0.15) is 22.8 Å². The molecule has 4 atom stereocenters. The third-order valence-electron chi connectivity index (χ3n) is 7.25. The molecule has 3 aliphatic rings. The highest BCUT2D eigenvalue weighted by Crippen LogP contribution is 2.53. The van der Waals surface area contributed by atoms with Crippen molar-refractivity contribution in [1.82, 2.24) is 4.90 Å². The highest BCUT2D eigenvalue weighted by Gasteiger charge is 2.64. The summed E-state index contributed by atoms with van der Waals surface area (Å²) in [5.41, 5.74) is 2.66. The van der Waals surface area contributed by atoms with Gasteiger partial charge in [-0.3, -0.25) is 24.1 Å². The van der Waals surface area contributed by atoms with Crippen molar-refractivity contribution in [2.75, 3.05) is 19.4 Å². The van der Waals surface area contributed by atoms with Crippen molar-refractivity contribution in [3.8, 4) is 5.75 Å². The Balaban J connectivity index is 1.97. The first-order valence-electron chi connectivity index (χ1n) is 11.0. The molecule has 1 aromatic rings.